The maximum Gasteiger partial charge on any atom is 0.294 e. The monoisotopic (exact) mass is 783 g/mol. The van der Waals surface area contributed by atoms with Gasteiger partial charge in [0.05, 0.1) is 21.8 Å². The number of nitrogens with zero attached hydrogens (tertiary/aromatic N) is 2. The van der Waals surface area contributed by atoms with Crippen LogP contribution < -0.4 is 4.90 Å². The van der Waals surface area contributed by atoms with E-state index in [0.29, 0.717) is 25.9 Å². The Bertz CT molecular complexity index is 2410. The molecule has 0 spiro atoms. The molecule has 2 aromatic carbocycles. The van der Waals surface area contributed by atoms with Gasteiger partial charge in [0.1, 0.15) is 6.54 Å². The number of rotatable bonds is 11. The molecule has 14 heteroatoms. The van der Waals surface area contributed by atoms with Crippen LogP contribution in [0, 0.1) is 6.92 Å². The summed E-state index contributed by atoms with van der Waals surface area (Å²) in [5.41, 5.74) is 11.2. The number of allylic oxidation sites excluding steroid dienone is 8. The van der Waals surface area contributed by atoms with Gasteiger partial charge in [-0.1, -0.05) is 29.8 Å². The van der Waals surface area contributed by atoms with Gasteiger partial charge in [0.15, 0.2) is 5.71 Å². The smallest absolute Gasteiger partial charge is 0.294 e. The van der Waals surface area contributed by atoms with Crippen molar-refractivity contribution >= 4 is 47.4 Å². The lowest BCUT2D eigenvalue weighted by molar-refractivity contribution is -0.437. The van der Waals surface area contributed by atoms with E-state index in [9.17, 15) is 38.9 Å². The first-order valence-corrected chi connectivity index (χ1v) is 22.8. The normalized spacial score (nSPS) is 25.7. The maximum atomic E-state index is 12.1. The van der Waals surface area contributed by atoms with Gasteiger partial charge in [0, 0.05) is 47.0 Å². The first-order valence-electron chi connectivity index (χ1n) is 18.2. The molecule has 3 N–H and O–H groups in total. The van der Waals surface area contributed by atoms with E-state index in [1.807, 2.05) is 0 Å². The summed E-state index contributed by atoms with van der Waals surface area (Å²) in [6, 6.07) is 11.0. The molecule has 0 bridgehead atoms. The molecule has 0 aromatic heterocycles. The molecule has 0 radical (unpaired) electrons. The largest absolute Gasteiger partial charge is 0.344 e. The Morgan fingerprint density at radius 1 is 0.811 bits per heavy atom. The molecule has 2 heterocycles. The summed E-state index contributed by atoms with van der Waals surface area (Å²) in [7, 11) is -12.7. The summed E-state index contributed by atoms with van der Waals surface area (Å²) in [5.74, 6) is -0.696. The summed E-state index contributed by atoms with van der Waals surface area (Å²) in [5, 5.41) is 0. The van der Waals surface area contributed by atoms with Crippen molar-refractivity contribution < 1.29 is 43.5 Å². The fourth-order valence-electron chi connectivity index (χ4n) is 9.45. The van der Waals surface area contributed by atoms with Crippen LogP contribution in [0.2, 0.25) is 0 Å². The van der Waals surface area contributed by atoms with Crippen LogP contribution in [0.3, 0.4) is 0 Å². The van der Waals surface area contributed by atoms with Gasteiger partial charge in [-0.2, -0.15) is 29.8 Å². The molecule has 284 valence electrons. The highest BCUT2D eigenvalue weighted by molar-refractivity contribution is 7.86. The van der Waals surface area contributed by atoms with E-state index in [2.05, 4.69) is 66.7 Å². The van der Waals surface area contributed by atoms with Crippen molar-refractivity contribution in [3.8, 4) is 0 Å². The Labute approximate surface area is 312 Å². The van der Waals surface area contributed by atoms with Crippen molar-refractivity contribution in [1.29, 1.82) is 0 Å². The topological polar surface area (TPSA) is 169 Å². The van der Waals surface area contributed by atoms with Crippen LogP contribution >= 0.6 is 0 Å². The molecule has 2 aromatic rings. The molecule has 53 heavy (non-hydrogen) atoms. The van der Waals surface area contributed by atoms with Crippen molar-refractivity contribution in [2.24, 2.45) is 0 Å². The zero-order chi connectivity index (χ0) is 38.1. The lowest BCUT2D eigenvalue weighted by atomic mass is 9.80. The second-order valence-electron chi connectivity index (χ2n) is 15.6. The predicted octanol–water partition coefficient (Wildman–Crippen LogP) is 6.74. The summed E-state index contributed by atoms with van der Waals surface area (Å²) in [4.78, 5) is 2.07. The Morgan fingerprint density at radius 2 is 1.53 bits per heavy atom. The highest BCUT2D eigenvalue weighted by Gasteiger charge is 2.54. The van der Waals surface area contributed by atoms with E-state index < -0.39 is 41.5 Å². The number of aryl methyl sites for hydroxylation is 1. The highest BCUT2D eigenvalue weighted by Crippen LogP contribution is 2.57. The van der Waals surface area contributed by atoms with E-state index in [0.717, 1.165) is 66.7 Å². The van der Waals surface area contributed by atoms with Crippen molar-refractivity contribution in [2.75, 3.05) is 29.5 Å². The van der Waals surface area contributed by atoms with E-state index >= 15 is 0 Å². The molecule has 5 aliphatic rings. The molecule has 0 saturated heterocycles. The third-order valence-electron chi connectivity index (χ3n) is 11.8. The quantitative estimate of drug-likeness (QED) is 0.164. The molecular formula is C39H47N2O9S3+. The van der Waals surface area contributed by atoms with Crippen molar-refractivity contribution in [3.05, 3.63) is 99.3 Å². The van der Waals surface area contributed by atoms with Crippen LogP contribution in [-0.2, 0) is 41.2 Å². The second kappa shape index (κ2) is 13.4. The summed E-state index contributed by atoms with van der Waals surface area (Å²) < 4.78 is 101. The molecule has 2 aliphatic heterocycles. The van der Waals surface area contributed by atoms with Crippen LogP contribution in [0.1, 0.15) is 88.3 Å². The minimum Gasteiger partial charge on any atom is -0.344 e. The molecular weight excluding hydrogens is 737 g/mol. The maximum absolute atomic E-state index is 12.1. The van der Waals surface area contributed by atoms with Crippen molar-refractivity contribution in [3.63, 3.8) is 0 Å². The Hall–Kier alpha value is -3.40. The molecule has 11 nitrogen and oxygen atoms in total. The molecule has 2 atom stereocenters. The first kappa shape index (κ1) is 37.9. The number of benzene rings is 2. The summed E-state index contributed by atoms with van der Waals surface area (Å²) in [6.07, 6.45) is 13.3. The van der Waals surface area contributed by atoms with Gasteiger partial charge in [-0.3, -0.25) is 13.7 Å². The van der Waals surface area contributed by atoms with Gasteiger partial charge in [0.25, 0.3) is 30.4 Å². The third-order valence-corrected chi connectivity index (χ3v) is 14.2. The minimum atomic E-state index is -4.44. The van der Waals surface area contributed by atoms with Gasteiger partial charge in [-0.25, -0.2) is 0 Å². The first-order chi connectivity index (χ1) is 24.8. The Balaban J connectivity index is 1.25. The Kier molecular flexibility index (Phi) is 9.59. The molecule has 1 fully saturated rings. The fourth-order valence-corrected chi connectivity index (χ4v) is 10.9. The van der Waals surface area contributed by atoms with Gasteiger partial charge < -0.3 is 4.90 Å². The van der Waals surface area contributed by atoms with Gasteiger partial charge in [-0.05, 0) is 119 Å². The van der Waals surface area contributed by atoms with Crippen molar-refractivity contribution in [1.82, 2.24) is 0 Å². The van der Waals surface area contributed by atoms with Gasteiger partial charge in [0.2, 0.25) is 5.69 Å². The zero-order valence-electron chi connectivity index (χ0n) is 30.3. The number of anilines is 1. The van der Waals surface area contributed by atoms with E-state index in [1.165, 1.54) is 45.7 Å². The van der Waals surface area contributed by atoms with Crippen LogP contribution in [0.25, 0.3) is 0 Å². The number of hydrogen-bond acceptors (Lipinski definition) is 7. The number of hydrogen-bond donors (Lipinski definition) is 3. The van der Waals surface area contributed by atoms with E-state index in [1.54, 1.807) is 6.07 Å². The van der Waals surface area contributed by atoms with E-state index in [4.69, 9.17) is 0 Å². The highest BCUT2D eigenvalue weighted by atomic mass is 32.2. The van der Waals surface area contributed by atoms with Crippen LogP contribution in [-0.4, -0.2) is 73.8 Å². The lowest BCUT2D eigenvalue weighted by Gasteiger charge is -2.27. The molecule has 1 saturated carbocycles. The zero-order valence-corrected chi connectivity index (χ0v) is 32.7. The standard InChI is InChI=1S/C39H46N2O9S3/c1-26-9-11-34-32(21-26)38(2)15-13-29(36(38)40(34)17-5-19-51(42,43)44)23-27-7-4-8-28(22-27)24-30-14-16-39(3)33-25-31(53(48,49)50)10-12-35(33)41(37(30)39)18-6-20-52(45,46)47/h9-12,21-25H,4-8,13-20H2,1-3H3,(H2-,42,43,44,45,46,47,48,49,50)/p+1. The minimum absolute atomic E-state index is 0.174. The molecule has 7 rings (SSSR count). The summed E-state index contributed by atoms with van der Waals surface area (Å²) in [6.45, 7) is 7.21. The number of fused-ring (bicyclic) bond motifs is 6. The van der Waals surface area contributed by atoms with E-state index in [-0.39, 0.29) is 22.5 Å². The molecule has 3 aliphatic carbocycles. The molecule has 0 amide bonds. The third kappa shape index (κ3) is 7.26. The van der Waals surface area contributed by atoms with Crippen molar-refractivity contribution in [2.45, 2.75) is 94.3 Å². The average Bonchev–Trinajstić information content (AvgIpc) is 3.71. The average molecular weight is 784 g/mol. The second-order valence-corrected chi connectivity index (χ2v) is 20.2. The summed E-state index contributed by atoms with van der Waals surface area (Å²) >= 11 is 0. The Morgan fingerprint density at radius 3 is 2.25 bits per heavy atom. The van der Waals surface area contributed by atoms with Gasteiger partial charge in [-0.15, -0.1) is 0 Å². The lowest BCUT2D eigenvalue weighted by Crippen LogP contribution is -2.28. The van der Waals surface area contributed by atoms with Crippen LogP contribution in [0.4, 0.5) is 11.4 Å². The van der Waals surface area contributed by atoms with Crippen LogP contribution in [0.15, 0.2) is 87.5 Å². The fraction of sp³-hybridized carbons (Fsp3) is 0.462. The predicted molar refractivity (Wildman–Crippen MR) is 205 cm³/mol. The van der Waals surface area contributed by atoms with Gasteiger partial charge >= 0.3 is 0 Å². The molecule has 2 unspecified atom stereocenters. The van der Waals surface area contributed by atoms with Crippen LogP contribution in [0.5, 0.6) is 0 Å². The SMILES string of the molecule is Cc1ccc2c(c1)C1(C)CCC(C=C3C=C(C=C4CCC5(C)C4=[N+](CCCS(=O)(=O)O)c4ccc(S(=O)(=O)O)cc45)CCC3)=C1N2CCCS(=O)(=O)O.